The summed E-state index contributed by atoms with van der Waals surface area (Å²) in [6, 6.07) is 7.15. The molecule has 0 radical (unpaired) electrons. The Morgan fingerprint density at radius 3 is 2.85 bits per heavy atom. The molecule has 3 rings (SSSR count). The third-order valence-corrected chi connectivity index (χ3v) is 3.09. The minimum atomic E-state index is -0.240. The fraction of sp³-hybridized carbons (Fsp3) is 0.154. The molecule has 3 aromatic rings. The maximum absolute atomic E-state index is 11.9. The summed E-state index contributed by atoms with van der Waals surface area (Å²) >= 11 is 0. The third kappa shape index (κ3) is 2.20. The number of aromatic nitrogens is 4. The van der Waals surface area contributed by atoms with Gasteiger partial charge in [-0.2, -0.15) is 5.10 Å². The fourth-order valence-corrected chi connectivity index (χ4v) is 2.06. The van der Waals surface area contributed by atoms with Crippen LogP contribution in [0.2, 0.25) is 0 Å². The van der Waals surface area contributed by atoms with Crippen LogP contribution in [0.3, 0.4) is 0 Å². The number of H-pyrrole nitrogens is 2. The van der Waals surface area contributed by atoms with Gasteiger partial charge in [0.15, 0.2) is 0 Å². The van der Waals surface area contributed by atoms with Gasteiger partial charge in [0.2, 0.25) is 0 Å². The van der Waals surface area contributed by atoms with Crippen molar-refractivity contribution in [3.8, 4) is 0 Å². The molecule has 0 atom stereocenters. The Morgan fingerprint density at radius 2 is 2.10 bits per heavy atom. The number of fused-ring (bicyclic) bond motifs is 1. The topological polar surface area (TPSA) is 95.6 Å². The predicted octanol–water partition coefficient (Wildman–Crippen LogP) is 0.520. The summed E-state index contributed by atoms with van der Waals surface area (Å²) in [6.07, 6.45) is 1.57. The normalized spacial score (nSPS) is 10.8. The highest BCUT2D eigenvalue weighted by Gasteiger charge is 2.09. The molecule has 0 saturated carbocycles. The zero-order valence-electron chi connectivity index (χ0n) is 10.8. The quantitative estimate of drug-likeness (QED) is 0.648. The first-order valence-electron chi connectivity index (χ1n) is 6.10. The highest BCUT2D eigenvalue weighted by molar-refractivity contribution is 5.92. The molecule has 20 heavy (non-hydrogen) atoms. The standard InChI is InChI=1S/C13H13N5O2/c1-18-11(4-5-15-18)12(19)14-7-8-2-3-9-10(6-8)17-13(20)16-9/h2-6H,7H2,1H3,(H,14,19)(H2,16,17,20). The lowest BCUT2D eigenvalue weighted by Crippen LogP contribution is -2.25. The van der Waals surface area contributed by atoms with Crippen LogP contribution < -0.4 is 11.0 Å². The van der Waals surface area contributed by atoms with E-state index in [0.29, 0.717) is 12.2 Å². The van der Waals surface area contributed by atoms with Crippen LogP contribution in [0.4, 0.5) is 0 Å². The van der Waals surface area contributed by atoms with Gasteiger partial charge in [-0.1, -0.05) is 6.07 Å². The van der Waals surface area contributed by atoms with E-state index in [1.165, 1.54) is 4.68 Å². The van der Waals surface area contributed by atoms with E-state index in [4.69, 9.17) is 0 Å². The van der Waals surface area contributed by atoms with Crippen molar-refractivity contribution in [1.82, 2.24) is 25.1 Å². The number of benzene rings is 1. The smallest absolute Gasteiger partial charge is 0.323 e. The van der Waals surface area contributed by atoms with Crippen molar-refractivity contribution < 1.29 is 4.79 Å². The first-order valence-corrected chi connectivity index (χ1v) is 6.10. The van der Waals surface area contributed by atoms with Crippen molar-refractivity contribution in [3.63, 3.8) is 0 Å². The molecular weight excluding hydrogens is 258 g/mol. The molecule has 1 amide bonds. The van der Waals surface area contributed by atoms with Gasteiger partial charge in [-0.05, 0) is 23.8 Å². The summed E-state index contributed by atoms with van der Waals surface area (Å²) in [5, 5.41) is 6.76. The second-order valence-corrected chi connectivity index (χ2v) is 4.48. The molecule has 0 bridgehead atoms. The van der Waals surface area contributed by atoms with Gasteiger partial charge in [-0.3, -0.25) is 9.48 Å². The molecule has 7 nitrogen and oxygen atoms in total. The SMILES string of the molecule is Cn1nccc1C(=O)NCc1ccc2[nH]c(=O)[nH]c2c1. The van der Waals surface area contributed by atoms with Gasteiger partial charge in [0.1, 0.15) is 5.69 Å². The van der Waals surface area contributed by atoms with Gasteiger partial charge in [0, 0.05) is 19.8 Å². The first kappa shape index (κ1) is 12.2. The summed E-state index contributed by atoms with van der Waals surface area (Å²) in [6.45, 7) is 0.382. The van der Waals surface area contributed by atoms with Crippen LogP contribution in [0.25, 0.3) is 11.0 Å². The van der Waals surface area contributed by atoms with E-state index in [0.717, 1.165) is 16.6 Å². The van der Waals surface area contributed by atoms with E-state index >= 15 is 0 Å². The number of hydrogen-bond donors (Lipinski definition) is 3. The van der Waals surface area contributed by atoms with Crippen molar-refractivity contribution in [2.75, 3.05) is 0 Å². The summed E-state index contributed by atoms with van der Waals surface area (Å²) in [7, 11) is 1.71. The van der Waals surface area contributed by atoms with Gasteiger partial charge in [0.25, 0.3) is 5.91 Å². The number of nitrogens with one attached hydrogen (secondary N) is 3. The van der Waals surface area contributed by atoms with Crippen LogP contribution in [0.5, 0.6) is 0 Å². The number of aromatic amines is 2. The van der Waals surface area contributed by atoms with E-state index in [2.05, 4.69) is 20.4 Å². The van der Waals surface area contributed by atoms with Crippen LogP contribution in [-0.2, 0) is 13.6 Å². The second-order valence-electron chi connectivity index (χ2n) is 4.48. The number of carbonyl (C=O) groups is 1. The molecule has 1 aromatic carbocycles. The Balaban J connectivity index is 1.75. The number of rotatable bonds is 3. The Bertz CT molecular complexity index is 827. The minimum absolute atomic E-state index is 0.187. The minimum Gasteiger partial charge on any atom is -0.347 e. The molecular formula is C13H13N5O2. The highest BCUT2D eigenvalue weighted by Crippen LogP contribution is 2.10. The Hall–Kier alpha value is -2.83. The average Bonchev–Trinajstić information content (AvgIpc) is 3.00. The number of amides is 1. The molecule has 0 aliphatic carbocycles. The van der Waals surface area contributed by atoms with Crippen molar-refractivity contribution in [1.29, 1.82) is 0 Å². The van der Waals surface area contributed by atoms with Crippen LogP contribution in [0.15, 0.2) is 35.3 Å². The van der Waals surface area contributed by atoms with E-state index in [9.17, 15) is 9.59 Å². The first-order chi connectivity index (χ1) is 9.63. The van der Waals surface area contributed by atoms with Gasteiger partial charge in [-0.25, -0.2) is 4.79 Å². The van der Waals surface area contributed by atoms with Crippen molar-refractivity contribution in [2.24, 2.45) is 7.05 Å². The Labute approximate surface area is 113 Å². The van der Waals surface area contributed by atoms with E-state index in [1.54, 1.807) is 25.4 Å². The van der Waals surface area contributed by atoms with Crippen molar-refractivity contribution >= 4 is 16.9 Å². The molecule has 7 heteroatoms. The van der Waals surface area contributed by atoms with Gasteiger partial charge in [0.05, 0.1) is 11.0 Å². The third-order valence-electron chi connectivity index (χ3n) is 3.09. The Kier molecular flexibility index (Phi) is 2.86. The van der Waals surface area contributed by atoms with Crippen LogP contribution in [-0.4, -0.2) is 25.7 Å². The molecule has 0 aliphatic rings. The fourth-order valence-electron chi connectivity index (χ4n) is 2.06. The average molecular weight is 271 g/mol. The van der Waals surface area contributed by atoms with Gasteiger partial charge < -0.3 is 15.3 Å². The number of hydrogen-bond acceptors (Lipinski definition) is 3. The summed E-state index contributed by atoms with van der Waals surface area (Å²) in [4.78, 5) is 28.5. The van der Waals surface area contributed by atoms with E-state index in [-0.39, 0.29) is 11.6 Å². The molecule has 0 fully saturated rings. The van der Waals surface area contributed by atoms with E-state index in [1.807, 2.05) is 12.1 Å². The lowest BCUT2D eigenvalue weighted by molar-refractivity contribution is 0.0941. The van der Waals surface area contributed by atoms with Crippen LogP contribution >= 0.6 is 0 Å². The largest absolute Gasteiger partial charge is 0.347 e. The van der Waals surface area contributed by atoms with Crippen LogP contribution in [0.1, 0.15) is 16.1 Å². The molecule has 0 unspecified atom stereocenters. The molecule has 2 heterocycles. The number of aryl methyl sites for hydroxylation is 1. The van der Waals surface area contributed by atoms with Crippen LogP contribution in [0, 0.1) is 0 Å². The lowest BCUT2D eigenvalue weighted by Gasteiger charge is -2.05. The van der Waals surface area contributed by atoms with Gasteiger partial charge in [-0.15, -0.1) is 0 Å². The summed E-state index contributed by atoms with van der Waals surface area (Å²) in [5.41, 5.74) is 2.64. The van der Waals surface area contributed by atoms with E-state index < -0.39 is 0 Å². The number of nitrogens with zero attached hydrogens (tertiary/aromatic N) is 2. The van der Waals surface area contributed by atoms with Crippen molar-refractivity contribution in [3.05, 3.63) is 52.2 Å². The molecule has 0 aliphatic heterocycles. The number of imidazole rings is 1. The molecule has 0 saturated heterocycles. The molecule has 0 spiro atoms. The second kappa shape index (κ2) is 4.69. The maximum atomic E-state index is 11.9. The monoisotopic (exact) mass is 271 g/mol. The Morgan fingerprint density at radius 1 is 1.30 bits per heavy atom. The summed E-state index contributed by atoms with van der Waals surface area (Å²) < 4.78 is 1.52. The maximum Gasteiger partial charge on any atom is 0.323 e. The molecule has 2 aromatic heterocycles. The number of carbonyl (C=O) groups excluding carboxylic acids is 1. The zero-order valence-corrected chi connectivity index (χ0v) is 10.8. The molecule has 3 N–H and O–H groups in total. The zero-order chi connectivity index (χ0) is 14.1. The lowest BCUT2D eigenvalue weighted by atomic mass is 10.2. The summed E-state index contributed by atoms with van der Waals surface area (Å²) in [5.74, 6) is -0.187. The highest BCUT2D eigenvalue weighted by atomic mass is 16.2. The van der Waals surface area contributed by atoms with Crippen molar-refractivity contribution in [2.45, 2.75) is 6.54 Å². The van der Waals surface area contributed by atoms with Gasteiger partial charge >= 0.3 is 5.69 Å². The molecule has 102 valence electrons. The predicted molar refractivity (Wildman–Crippen MR) is 73.3 cm³/mol.